The van der Waals surface area contributed by atoms with E-state index in [0.29, 0.717) is 56.7 Å². The zero-order valence-corrected chi connectivity index (χ0v) is 32.8. The number of alkyl carbamates (subject to hydrolysis) is 1. The molecule has 1 atom stereocenters. The number of amides is 1. The number of benzene rings is 1. The molecule has 2 rings (SSSR count). The smallest absolute Gasteiger partial charge is 0.480 e. The number of nitrogens with zero attached hydrogens (tertiary/aromatic N) is 4. The molecular weight excluding hydrogens is 864 g/mol. The molecular formula is C32H51GdN7O12S+3. The summed E-state index contributed by atoms with van der Waals surface area (Å²) in [7, 11) is 1.28. The summed E-state index contributed by atoms with van der Waals surface area (Å²) in [6.45, 7) is 2.41. The minimum Gasteiger partial charge on any atom is -0.480 e. The van der Waals surface area contributed by atoms with Crippen LogP contribution in [0.15, 0.2) is 24.3 Å². The summed E-state index contributed by atoms with van der Waals surface area (Å²) in [5.41, 5.74) is 1.55. The van der Waals surface area contributed by atoms with Crippen LogP contribution in [0.4, 0.5) is 10.5 Å². The van der Waals surface area contributed by atoms with Crippen LogP contribution in [-0.2, 0) is 39.8 Å². The van der Waals surface area contributed by atoms with Crippen molar-refractivity contribution in [2.24, 2.45) is 0 Å². The monoisotopic (exact) mass is 915 g/mol. The van der Waals surface area contributed by atoms with E-state index in [4.69, 9.17) is 21.7 Å². The molecule has 1 saturated heterocycles. The molecule has 1 fully saturated rings. The Morgan fingerprint density at radius 3 is 1.68 bits per heavy atom. The summed E-state index contributed by atoms with van der Waals surface area (Å²) in [4.78, 5) is 64.6. The van der Waals surface area contributed by atoms with Crippen molar-refractivity contribution in [3.63, 3.8) is 0 Å². The van der Waals surface area contributed by atoms with E-state index in [1.165, 1.54) is 7.11 Å². The molecule has 0 aromatic heterocycles. The van der Waals surface area contributed by atoms with Gasteiger partial charge in [0.2, 0.25) is 0 Å². The molecule has 19 nitrogen and oxygen atoms in total. The summed E-state index contributed by atoms with van der Waals surface area (Å²) in [6.07, 6.45) is -0.167. The van der Waals surface area contributed by atoms with Gasteiger partial charge in [-0.25, -0.2) is 4.79 Å². The van der Waals surface area contributed by atoms with Gasteiger partial charge in [-0.05, 0) is 36.3 Å². The topological polar surface area (TPSA) is 243 Å². The van der Waals surface area contributed by atoms with Crippen LogP contribution in [0.5, 0.6) is 0 Å². The van der Waals surface area contributed by atoms with Crippen LogP contribution < -0.4 is 16.0 Å². The molecule has 1 aliphatic heterocycles. The van der Waals surface area contributed by atoms with E-state index in [1.54, 1.807) is 19.6 Å². The number of carboxylic acids is 4. The van der Waals surface area contributed by atoms with Gasteiger partial charge in [0.1, 0.15) is 0 Å². The average molecular weight is 915 g/mol. The molecule has 1 unspecified atom stereocenters. The number of aliphatic carboxylic acids is 4. The number of anilines is 1. The summed E-state index contributed by atoms with van der Waals surface area (Å²) in [6, 6.07) is 6.87. The molecule has 1 heterocycles. The molecule has 0 saturated carbocycles. The minimum atomic E-state index is -1.08. The maximum Gasteiger partial charge on any atom is 3.00 e. The molecule has 1 aromatic rings. The van der Waals surface area contributed by atoms with Gasteiger partial charge in [-0.2, -0.15) is 0 Å². The van der Waals surface area contributed by atoms with Crippen LogP contribution in [0.2, 0.25) is 0 Å². The van der Waals surface area contributed by atoms with Crippen LogP contribution in [0.1, 0.15) is 5.56 Å². The predicted octanol–water partition coefficient (Wildman–Crippen LogP) is -1.17. The average Bonchev–Trinajstić information content (AvgIpc) is 3.07. The van der Waals surface area contributed by atoms with Crippen molar-refractivity contribution in [2.75, 3.05) is 124 Å². The van der Waals surface area contributed by atoms with Crippen LogP contribution in [0, 0.1) is 39.9 Å². The van der Waals surface area contributed by atoms with Crippen LogP contribution >= 0.6 is 12.2 Å². The largest absolute Gasteiger partial charge is 3.00 e. The van der Waals surface area contributed by atoms with Crippen molar-refractivity contribution in [2.45, 2.75) is 12.5 Å². The van der Waals surface area contributed by atoms with Crippen LogP contribution in [0.3, 0.4) is 0 Å². The summed E-state index contributed by atoms with van der Waals surface area (Å²) < 4.78 is 15.3. The number of rotatable bonds is 20. The number of hydrogen-bond acceptors (Lipinski definition) is 13. The molecule has 0 aliphatic carbocycles. The second-order valence-corrected chi connectivity index (χ2v) is 12.3. The third-order valence-electron chi connectivity index (χ3n) is 7.86. The maximum absolute atomic E-state index is 12.0. The number of hydrogen-bond donors (Lipinski definition) is 7. The summed E-state index contributed by atoms with van der Waals surface area (Å²) in [5.74, 6) is -4.27. The fraction of sp³-hybridized carbons (Fsp3) is 0.625. The number of carbonyl (C=O) groups excluding carboxylic acids is 1. The SMILES string of the molecule is COC(=O)NCCOCCOCCNC(=S)Nc1ccc(CC2CN(CC(=O)O)CCN(CC(=O)O)CCN(CC(=O)O)CCN2CC(=O)O)cc1.[Gd+3]. The minimum absolute atomic E-state index is 0. The van der Waals surface area contributed by atoms with Gasteiger partial charge < -0.3 is 50.6 Å². The van der Waals surface area contributed by atoms with E-state index in [-0.39, 0.29) is 112 Å². The zero-order chi connectivity index (χ0) is 38.3. The molecule has 1 aliphatic rings. The van der Waals surface area contributed by atoms with Gasteiger partial charge >= 0.3 is 69.9 Å². The predicted molar refractivity (Wildman–Crippen MR) is 192 cm³/mol. The third-order valence-corrected chi connectivity index (χ3v) is 8.10. The Hall–Kier alpha value is -2.86. The normalized spacial score (nSPS) is 16.6. The first kappa shape index (κ1) is 48.2. The van der Waals surface area contributed by atoms with E-state index in [9.17, 15) is 44.4 Å². The number of carbonyl (C=O) groups is 5. The second-order valence-electron chi connectivity index (χ2n) is 11.9. The van der Waals surface area contributed by atoms with Gasteiger partial charge in [-0.1, -0.05) is 12.1 Å². The Morgan fingerprint density at radius 1 is 0.698 bits per heavy atom. The number of methoxy groups -OCH3 is 1. The first-order chi connectivity index (χ1) is 24.8. The van der Waals surface area contributed by atoms with Gasteiger partial charge in [-0.15, -0.1) is 0 Å². The standard InChI is InChI=1S/C32H51N7O12S.Gd/c1-49-32(48)34-7-15-51-17-16-50-14-6-33-31(52)35-25-4-2-24(3-5-25)18-26-19-38(22-29(44)45)11-10-36(20-27(40)41)8-9-37(21-28(42)43)12-13-39(26)23-30(46)47;/h2-5,26H,6-23H2,1H3,(H,34,48)(H,40,41)(H,42,43)(H,44,45)(H,46,47)(H2,33,35,52);/q;+3. The van der Waals surface area contributed by atoms with Crippen molar-refractivity contribution in [1.82, 2.24) is 30.2 Å². The first-order valence-electron chi connectivity index (χ1n) is 16.7. The van der Waals surface area contributed by atoms with Crippen molar-refractivity contribution in [1.29, 1.82) is 0 Å². The van der Waals surface area contributed by atoms with Crippen LogP contribution in [0.25, 0.3) is 0 Å². The van der Waals surface area contributed by atoms with E-state index in [2.05, 4.69) is 20.7 Å². The van der Waals surface area contributed by atoms with Gasteiger partial charge in [0.15, 0.2) is 5.11 Å². The zero-order valence-electron chi connectivity index (χ0n) is 29.7. The Labute approximate surface area is 345 Å². The molecule has 7 N–H and O–H groups in total. The van der Waals surface area contributed by atoms with E-state index in [0.717, 1.165) is 5.56 Å². The van der Waals surface area contributed by atoms with Crippen molar-refractivity contribution < 1.29 is 98.5 Å². The fourth-order valence-electron chi connectivity index (χ4n) is 5.38. The number of carboxylic acid groups (broad SMARTS) is 4. The van der Waals surface area contributed by atoms with Crippen molar-refractivity contribution in [3.05, 3.63) is 29.8 Å². The van der Waals surface area contributed by atoms with Gasteiger partial charge in [0.05, 0.1) is 59.7 Å². The van der Waals surface area contributed by atoms with E-state index < -0.39 is 36.0 Å². The Kier molecular flexibility index (Phi) is 25.2. The molecule has 0 spiro atoms. The van der Waals surface area contributed by atoms with E-state index >= 15 is 0 Å². The Balaban J connectivity index is 0.0000140. The molecule has 53 heavy (non-hydrogen) atoms. The molecule has 21 heteroatoms. The first-order valence-corrected chi connectivity index (χ1v) is 17.1. The number of thiocarbonyl (C=S) groups is 1. The van der Waals surface area contributed by atoms with Crippen LogP contribution in [-0.4, -0.2) is 200 Å². The quantitative estimate of drug-likeness (QED) is 0.0603. The molecule has 297 valence electrons. The van der Waals surface area contributed by atoms with Gasteiger partial charge in [0, 0.05) is 70.6 Å². The van der Waals surface area contributed by atoms with E-state index in [1.807, 2.05) is 24.3 Å². The summed E-state index contributed by atoms with van der Waals surface area (Å²) >= 11 is 5.38. The summed E-state index contributed by atoms with van der Waals surface area (Å²) in [5, 5.41) is 47.4. The van der Waals surface area contributed by atoms with Crippen molar-refractivity contribution in [3.8, 4) is 0 Å². The number of ether oxygens (including phenoxy) is 3. The van der Waals surface area contributed by atoms with Crippen molar-refractivity contribution >= 4 is 53.0 Å². The second kappa shape index (κ2) is 27.7. The third kappa shape index (κ3) is 22.8. The van der Waals surface area contributed by atoms with Gasteiger partial charge in [-0.3, -0.25) is 38.8 Å². The Bertz CT molecular complexity index is 1300. The van der Waals surface area contributed by atoms with Gasteiger partial charge in [0.25, 0.3) is 0 Å². The molecule has 0 bridgehead atoms. The Morgan fingerprint density at radius 2 is 1.17 bits per heavy atom. The maximum atomic E-state index is 12.0. The molecule has 1 radical (unpaired) electrons. The fourth-order valence-corrected chi connectivity index (χ4v) is 5.60. The molecule has 1 amide bonds. The molecule has 1 aromatic carbocycles. The number of nitrogens with one attached hydrogen (secondary N) is 3.